The van der Waals surface area contributed by atoms with Crippen LogP contribution in [0, 0.1) is 0 Å². The molecule has 0 saturated heterocycles. The fourth-order valence-corrected chi connectivity index (χ4v) is 3.62. The maximum absolute atomic E-state index is 12.8. The average Bonchev–Trinajstić information content (AvgIpc) is 3.04. The number of alkyl halides is 3. The van der Waals surface area contributed by atoms with Crippen LogP contribution in [0.15, 0.2) is 60.7 Å². The highest BCUT2D eigenvalue weighted by Crippen LogP contribution is 2.32. The number of nitrogens with zero attached hydrogens (tertiary/aromatic N) is 1. The molecule has 4 nitrogen and oxygen atoms in total. The van der Waals surface area contributed by atoms with Crippen molar-refractivity contribution in [3.05, 3.63) is 66.2 Å². The number of carbonyl (C=O) groups excluding carboxylic acids is 1. The molecule has 0 radical (unpaired) electrons. The van der Waals surface area contributed by atoms with Gasteiger partial charge in [-0.2, -0.15) is 13.2 Å². The van der Waals surface area contributed by atoms with Crippen LogP contribution in [0.25, 0.3) is 21.0 Å². The molecular weight excluding hydrogens is 375 g/mol. The summed E-state index contributed by atoms with van der Waals surface area (Å²) in [7, 11) is 0. The average molecular weight is 387 g/mol. The number of fused-ring (bicyclic) bond motifs is 3. The molecule has 2 amide bonds. The van der Waals surface area contributed by atoms with Crippen LogP contribution in [0.1, 0.15) is 5.56 Å². The molecule has 0 atom stereocenters. The fourth-order valence-electron chi connectivity index (χ4n) is 2.75. The monoisotopic (exact) mass is 387 g/mol. The topological polar surface area (TPSA) is 54.0 Å². The van der Waals surface area contributed by atoms with Crippen molar-refractivity contribution in [2.45, 2.75) is 6.18 Å². The van der Waals surface area contributed by atoms with Crippen LogP contribution in [0.2, 0.25) is 0 Å². The molecule has 1 heterocycles. The number of anilines is 2. The minimum Gasteiger partial charge on any atom is -0.308 e. The zero-order chi connectivity index (χ0) is 19.0. The molecule has 4 aromatic rings. The van der Waals surface area contributed by atoms with Gasteiger partial charge in [0.15, 0.2) is 5.13 Å². The van der Waals surface area contributed by atoms with Crippen molar-refractivity contribution < 1.29 is 18.0 Å². The van der Waals surface area contributed by atoms with Crippen LogP contribution in [0.3, 0.4) is 0 Å². The molecule has 0 unspecified atom stereocenters. The van der Waals surface area contributed by atoms with Gasteiger partial charge in [0.1, 0.15) is 0 Å². The summed E-state index contributed by atoms with van der Waals surface area (Å²) < 4.78 is 39.2. The van der Waals surface area contributed by atoms with Gasteiger partial charge in [-0.25, -0.2) is 9.78 Å². The highest BCUT2D eigenvalue weighted by molar-refractivity contribution is 7.22. The molecule has 2 N–H and O–H groups in total. The first-order chi connectivity index (χ1) is 12.9. The second-order valence-corrected chi connectivity index (χ2v) is 6.84. The van der Waals surface area contributed by atoms with Gasteiger partial charge in [-0.3, -0.25) is 5.32 Å². The molecule has 27 heavy (non-hydrogen) atoms. The van der Waals surface area contributed by atoms with Crippen molar-refractivity contribution in [2.75, 3.05) is 10.6 Å². The van der Waals surface area contributed by atoms with E-state index in [9.17, 15) is 18.0 Å². The lowest BCUT2D eigenvalue weighted by Gasteiger charge is -2.09. The van der Waals surface area contributed by atoms with E-state index in [1.165, 1.54) is 23.5 Å². The third kappa shape index (κ3) is 3.56. The molecule has 8 heteroatoms. The highest BCUT2D eigenvalue weighted by atomic mass is 32.1. The molecule has 0 saturated carbocycles. The standard InChI is InChI=1S/C19H12F3N3OS/c20-19(21,22)12-5-3-6-13(10-12)23-17(26)25-18-24-16-14-7-2-1-4-11(14)8-9-15(16)27-18/h1-10H,(H2,23,24,25,26). The number of aromatic nitrogens is 1. The van der Waals surface area contributed by atoms with Crippen molar-refractivity contribution in [1.82, 2.24) is 4.98 Å². The summed E-state index contributed by atoms with van der Waals surface area (Å²) in [5, 5.41) is 7.35. The molecular formula is C19H12F3N3OS. The van der Waals surface area contributed by atoms with Crippen LogP contribution in [-0.4, -0.2) is 11.0 Å². The number of thiazole rings is 1. The normalized spacial score (nSPS) is 11.7. The lowest BCUT2D eigenvalue weighted by atomic mass is 10.1. The van der Waals surface area contributed by atoms with E-state index in [-0.39, 0.29) is 5.69 Å². The van der Waals surface area contributed by atoms with E-state index < -0.39 is 17.8 Å². The molecule has 0 aliphatic heterocycles. The first kappa shape index (κ1) is 17.3. The number of hydrogen-bond acceptors (Lipinski definition) is 3. The SMILES string of the molecule is O=C(Nc1cccc(C(F)(F)F)c1)Nc1nc2c(ccc3ccccc32)s1. The van der Waals surface area contributed by atoms with E-state index in [0.29, 0.717) is 5.13 Å². The Morgan fingerprint density at radius 2 is 1.78 bits per heavy atom. The summed E-state index contributed by atoms with van der Waals surface area (Å²) in [6, 6.07) is 15.5. The number of urea groups is 1. The Balaban J connectivity index is 1.56. The number of nitrogens with one attached hydrogen (secondary N) is 2. The first-order valence-electron chi connectivity index (χ1n) is 7.94. The Morgan fingerprint density at radius 3 is 2.59 bits per heavy atom. The second-order valence-electron chi connectivity index (χ2n) is 5.81. The lowest BCUT2D eigenvalue weighted by Crippen LogP contribution is -2.19. The molecule has 136 valence electrons. The maximum atomic E-state index is 12.8. The molecule has 0 spiro atoms. The summed E-state index contributed by atoms with van der Waals surface area (Å²) in [6.07, 6.45) is -4.47. The van der Waals surface area contributed by atoms with Gasteiger partial charge in [-0.15, -0.1) is 0 Å². The predicted molar refractivity (Wildman–Crippen MR) is 101 cm³/mol. The van der Waals surface area contributed by atoms with Gasteiger partial charge >= 0.3 is 12.2 Å². The molecule has 0 aliphatic rings. The Hall–Kier alpha value is -3.13. The van der Waals surface area contributed by atoms with Gasteiger partial charge < -0.3 is 5.32 Å². The lowest BCUT2D eigenvalue weighted by molar-refractivity contribution is -0.137. The number of carbonyl (C=O) groups is 1. The van der Waals surface area contributed by atoms with Gasteiger partial charge in [0.25, 0.3) is 0 Å². The van der Waals surface area contributed by atoms with E-state index >= 15 is 0 Å². The molecule has 4 rings (SSSR count). The largest absolute Gasteiger partial charge is 0.416 e. The van der Waals surface area contributed by atoms with Crippen LogP contribution in [0.4, 0.5) is 28.8 Å². The van der Waals surface area contributed by atoms with Crippen molar-refractivity contribution >= 4 is 49.2 Å². The van der Waals surface area contributed by atoms with Gasteiger partial charge in [-0.1, -0.05) is 47.7 Å². The quantitative estimate of drug-likeness (QED) is 0.436. The zero-order valence-corrected chi connectivity index (χ0v) is 14.5. The van der Waals surface area contributed by atoms with E-state index in [1.54, 1.807) is 0 Å². The molecule has 1 aromatic heterocycles. The first-order valence-corrected chi connectivity index (χ1v) is 8.75. The van der Waals surface area contributed by atoms with Gasteiger partial charge in [0, 0.05) is 11.1 Å². The maximum Gasteiger partial charge on any atom is 0.416 e. The Kier molecular flexibility index (Phi) is 4.19. The Bertz CT molecular complexity index is 1150. The van der Waals surface area contributed by atoms with E-state index in [2.05, 4.69) is 15.6 Å². The summed E-state index contributed by atoms with van der Waals surface area (Å²) in [5.41, 5.74) is -0.00638. The second kappa shape index (κ2) is 6.55. The predicted octanol–water partition coefficient (Wildman–Crippen LogP) is 6.11. The van der Waals surface area contributed by atoms with Crippen molar-refractivity contribution in [3.8, 4) is 0 Å². The van der Waals surface area contributed by atoms with Crippen LogP contribution < -0.4 is 10.6 Å². The van der Waals surface area contributed by atoms with Crippen LogP contribution in [-0.2, 0) is 6.18 Å². The smallest absolute Gasteiger partial charge is 0.308 e. The Morgan fingerprint density at radius 1 is 0.963 bits per heavy atom. The van der Waals surface area contributed by atoms with Crippen LogP contribution in [0.5, 0.6) is 0 Å². The van der Waals surface area contributed by atoms with Crippen molar-refractivity contribution in [3.63, 3.8) is 0 Å². The van der Waals surface area contributed by atoms with Gasteiger partial charge in [0.05, 0.1) is 15.8 Å². The highest BCUT2D eigenvalue weighted by Gasteiger charge is 2.30. The van der Waals surface area contributed by atoms with E-state index in [0.717, 1.165) is 33.1 Å². The van der Waals surface area contributed by atoms with Gasteiger partial charge in [0.2, 0.25) is 0 Å². The minimum absolute atomic E-state index is 0.0499. The molecule has 0 fully saturated rings. The third-order valence-corrected chi connectivity index (χ3v) is 4.89. The number of benzene rings is 3. The summed E-state index contributed by atoms with van der Waals surface area (Å²) in [6.45, 7) is 0. The summed E-state index contributed by atoms with van der Waals surface area (Å²) in [5.74, 6) is 0. The summed E-state index contributed by atoms with van der Waals surface area (Å²) >= 11 is 1.30. The zero-order valence-electron chi connectivity index (χ0n) is 13.7. The van der Waals surface area contributed by atoms with Crippen molar-refractivity contribution in [2.24, 2.45) is 0 Å². The van der Waals surface area contributed by atoms with E-state index in [1.807, 2.05) is 36.4 Å². The van der Waals surface area contributed by atoms with Crippen LogP contribution >= 0.6 is 11.3 Å². The molecule has 0 bridgehead atoms. The number of hydrogen-bond donors (Lipinski definition) is 2. The number of halogens is 3. The molecule has 0 aliphatic carbocycles. The third-order valence-electron chi connectivity index (χ3n) is 3.95. The van der Waals surface area contributed by atoms with Gasteiger partial charge in [-0.05, 0) is 29.7 Å². The van der Waals surface area contributed by atoms with Crippen molar-refractivity contribution in [1.29, 1.82) is 0 Å². The summed E-state index contributed by atoms with van der Waals surface area (Å²) in [4.78, 5) is 16.6. The minimum atomic E-state index is -4.47. The molecule has 3 aromatic carbocycles. The van der Waals surface area contributed by atoms with E-state index in [4.69, 9.17) is 0 Å². The number of amides is 2. The fraction of sp³-hybridized carbons (Fsp3) is 0.0526. The Labute approximate surface area is 155 Å². The number of rotatable bonds is 2.